The van der Waals surface area contributed by atoms with Crippen LogP contribution in [-0.2, 0) is 6.42 Å². The molecule has 0 radical (unpaired) electrons. The summed E-state index contributed by atoms with van der Waals surface area (Å²) in [5.74, 6) is 2.14. The average Bonchev–Trinajstić information content (AvgIpc) is 3.48. The first kappa shape index (κ1) is 34.3. The number of pyridine rings is 1. The molecule has 0 spiro atoms. The minimum atomic E-state index is -0.339. The molecule has 4 aromatic rings. The van der Waals surface area contributed by atoms with Gasteiger partial charge in [0.2, 0.25) is 0 Å². The number of aryl methyl sites for hydroxylation is 1. The number of fused-ring (bicyclic) bond motifs is 2. The highest BCUT2D eigenvalue weighted by Gasteiger charge is 2.30. The number of nitrogens with one attached hydrogen (secondary N) is 3. The maximum Gasteiger partial charge on any atom is 0.320 e. The van der Waals surface area contributed by atoms with Crippen LogP contribution in [0.15, 0.2) is 71.9 Å². The van der Waals surface area contributed by atoms with Crippen molar-refractivity contribution in [1.82, 2.24) is 35.0 Å². The number of carbonyl (C=O) groups excluding carboxylic acids is 1. The molecular weight excluding hydrogens is 614 g/mol. The van der Waals surface area contributed by atoms with E-state index in [1.807, 2.05) is 86.8 Å². The van der Waals surface area contributed by atoms with Crippen LogP contribution in [0.25, 0.3) is 5.65 Å². The molecule has 1 fully saturated rings. The molecule has 0 saturated carbocycles. The van der Waals surface area contributed by atoms with E-state index in [2.05, 4.69) is 49.8 Å². The van der Waals surface area contributed by atoms with Gasteiger partial charge in [-0.1, -0.05) is 62.7 Å². The number of likely N-dealkylation sites (N-methyl/N-ethyl adjacent to an activating group) is 1. The van der Waals surface area contributed by atoms with Crippen molar-refractivity contribution in [3.8, 4) is 5.75 Å². The van der Waals surface area contributed by atoms with Gasteiger partial charge in [0, 0.05) is 51.3 Å². The van der Waals surface area contributed by atoms with Gasteiger partial charge in [-0.05, 0) is 67.6 Å². The molecule has 2 aromatic carbocycles. The van der Waals surface area contributed by atoms with E-state index < -0.39 is 0 Å². The Morgan fingerprint density at radius 1 is 0.980 bits per heavy atom. The molecule has 3 heterocycles. The van der Waals surface area contributed by atoms with E-state index in [1.54, 1.807) is 0 Å². The number of ether oxygens (including phenoxy) is 1. The van der Waals surface area contributed by atoms with Crippen molar-refractivity contribution < 1.29 is 9.53 Å². The molecule has 258 valence electrons. The first-order chi connectivity index (χ1) is 23.5. The third-order valence-corrected chi connectivity index (χ3v) is 9.52. The number of nitrogens with zero attached hydrogens (tertiary/aromatic N) is 6. The van der Waals surface area contributed by atoms with E-state index in [1.165, 1.54) is 0 Å². The van der Waals surface area contributed by atoms with E-state index in [9.17, 15) is 4.79 Å². The molecule has 6 rings (SSSR count). The number of urea groups is 1. The summed E-state index contributed by atoms with van der Waals surface area (Å²) in [7, 11) is 2.17. The van der Waals surface area contributed by atoms with Crippen LogP contribution in [0, 0.1) is 17.7 Å². The Hall–Kier alpha value is -4.61. The fourth-order valence-corrected chi connectivity index (χ4v) is 6.32. The van der Waals surface area contributed by atoms with Crippen molar-refractivity contribution in [1.29, 1.82) is 5.41 Å². The Morgan fingerprint density at radius 2 is 1.71 bits per heavy atom. The number of amidine groups is 1. The number of benzene rings is 2. The van der Waals surface area contributed by atoms with Crippen molar-refractivity contribution in [2.75, 3.05) is 39.8 Å². The summed E-state index contributed by atoms with van der Waals surface area (Å²) >= 11 is 0. The summed E-state index contributed by atoms with van der Waals surface area (Å²) in [4.78, 5) is 23.0. The molecule has 2 atom stereocenters. The number of amides is 2. The molecule has 2 unspecified atom stereocenters. The highest BCUT2D eigenvalue weighted by atomic mass is 16.5. The lowest BCUT2D eigenvalue weighted by Crippen LogP contribution is -2.45. The van der Waals surface area contributed by atoms with Crippen LogP contribution in [0.4, 0.5) is 10.5 Å². The largest absolute Gasteiger partial charge is 0.484 e. The van der Waals surface area contributed by atoms with Crippen molar-refractivity contribution in [2.24, 2.45) is 10.4 Å². The smallest absolute Gasteiger partial charge is 0.320 e. The molecule has 11 heteroatoms. The Balaban J connectivity index is 1.13. The van der Waals surface area contributed by atoms with Gasteiger partial charge >= 0.3 is 6.03 Å². The van der Waals surface area contributed by atoms with Crippen LogP contribution < -0.4 is 15.4 Å². The van der Waals surface area contributed by atoms with Gasteiger partial charge < -0.3 is 25.3 Å². The molecule has 3 N–H and O–H groups in total. The second kappa shape index (κ2) is 14.9. The van der Waals surface area contributed by atoms with Gasteiger partial charge in [-0.25, -0.2) is 9.79 Å². The fourth-order valence-electron chi connectivity index (χ4n) is 6.32. The first-order valence-electron chi connectivity index (χ1n) is 17.3. The monoisotopic (exact) mass is 663 g/mol. The Labute approximate surface area is 289 Å². The van der Waals surface area contributed by atoms with Crippen LogP contribution >= 0.6 is 0 Å². The molecule has 2 aromatic heterocycles. The maximum atomic E-state index is 13.5. The van der Waals surface area contributed by atoms with Crippen molar-refractivity contribution >= 4 is 28.9 Å². The number of hydrogen-bond donors (Lipinski definition) is 3. The topological polar surface area (TPSA) is 123 Å². The fraction of sp³-hybridized carbons (Fsp3) is 0.447. The van der Waals surface area contributed by atoms with Gasteiger partial charge in [-0.3, -0.25) is 9.72 Å². The summed E-state index contributed by atoms with van der Waals surface area (Å²) in [6.45, 7) is 13.3. The first-order valence-corrected chi connectivity index (χ1v) is 17.3. The van der Waals surface area contributed by atoms with Crippen LogP contribution in [0.3, 0.4) is 0 Å². The third-order valence-electron chi connectivity index (χ3n) is 9.52. The number of carbonyl (C=O) groups is 1. The number of rotatable bonds is 9. The van der Waals surface area contributed by atoms with Gasteiger partial charge in [-0.15, -0.1) is 10.2 Å². The Bertz CT molecular complexity index is 1800. The van der Waals surface area contributed by atoms with Gasteiger partial charge in [-0.2, -0.15) is 0 Å². The van der Waals surface area contributed by atoms with Gasteiger partial charge in [0.05, 0.1) is 17.9 Å². The third kappa shape index (κ3) is 8.71. The number of piperazine rings is 1. The zero-order chi connectivity index (χ0) is 34.5. The van der Waals surface area contributed by atoms with Gasteiger partial charge in [0.1, 0.15) is 23.5 Å². The second-order valence-electron chi connectivity index (χ2n) is 14.4. The van der Waals surface area contributed by atoms with Gasteiger partial charge in [0.25, 0.3) is 0 Å². The quantitative estimate of drug-likeness (QED) is 0.143. The minimum absolute atomic E-state index is 0.161. The van der Waals surface area contributed by atoms with Crippen molar-refractivity contribution in [3.63, 3.8) is 0 Å². The lowest BCUT2D eigenvalue weighted by molar-refractivity contribution is 0.155. The molecule has 1 saturated heterocycles. The summed E-state index contributed by atoms with van der Waals surface area (Å²) in [5.41, 5.74) is 4.92. The maximum absolute atomic E-state index is 13.5. The highest BCUT2D eigenvalue weighted by molar-refractivity contribution is 6.09. The molecule has 2 amide bonds. The van der Waals surface area contributed by atoms with Crippen LogP contribution in [0.2, 0.25) is 0 Å². The summed E-state index contributed by atoms with van der Waals surface area (Å²) < 4.78 is 8.67. The summed E-state index contributed by atoms with van der Waals surface area (Å²) in [6.07, 6.45) is 4.35. The van der Waals surface area contributed by atoms with E-state index in [-0.39, 0.29) is 30.0 Å². The van der Waals surface area contributed by atoms with Crippen LogP contribution in [-0.4, -0.2) is 81.7 Å². The van der Waals surface area contributed by atoms with Crippen LogP contribution in [0.1, 0.15) is 74.7 Å². The molecule has 1 aliphatic carbocycles. The lowest BCUT2D eigenvalue weighted by Gasteiger charge is -2.32. The summed E-state index contributed by atoms with van der Waals surface area (Å²) in [6, 6.07) is 19.4. The Morgan fingerprint density at radius 3 is 2.45 bits per heavy atom. The van der Waals surface area contributed by atoms with E-state index >= 15 is 0 Å². The van der Waals surface area contributed by atoms with Gasteiger partial charge in [0.15, 0.2) is 5.65 Å². The number of hydrogen-bond acceptors (Lipinski definition) is 8. The molecule has 1 aliphatic heterocycles. The zero-order valence-corrected chi connectivity index (χ0v) is 29.4. The summed E-state index contributed by atoms with van der Waals surface area (Å²) in [5, 5.41) is 23.7. The van der Waals surface area contributed by atoms with Crippen LogP contribution in [0.5, 0.6) is 5.75 Å². The number of aromatic nitrogens is 3. The van der Waals surface area contributed by atoms with Crippen molar-refractivity contribution in [2.45, 2.75) is 65.5 Å². The molecule has 0 bridgehead atoms. The Kier molecular flexibility index (Phi) is 10.4. The number of aliphatic imine (C=N–C) groups is 1. The van der Waals surface area contributed by atoms with E-state index in [0.29, 0.717) is 18.0 Å². The second-order valence-corrected chi connectivity index (χ2v) is 14.4. The molecule has 49 heavy (non-hydrogen) atoms. The van der Waals surface area contributed by atoms with E-state index in [0.717, 1.165) is 85.2 Å². The van der Waals surface area contributed by atoms with Crippen molar-refractivity contribution in [3.05, 3.63) is 89.4 Å². The SMILES string of the molecule is Cc1ccc(N=C(CC(=N)C(C)(C)C)NC(=O)NC2CCC(Oc3ccc4nnc(CCN5CCN(C)CC5)n4c3)c3ccccc32)cc1. The highest BCUT2D eigenvalue weighted by Crippen LogP contribution is 2.38. The molecule has 2 aliphatic rings. The average molecular weight is 664 g/mol. The zero-order valence-electron chi connectivity index (χ0n) is 29.4. The predicted molar refractivity (Wildman–Crippen MR) is 194 cm³/mol. The minimum Gasteiger partial charge on any atom is -0.484 e. The lowest BCUT2D eigenvalue weighted by atomic mass is 9.85. The standard InChI is InChI=1S/C38H49N9O2/c1-26-10-12-27(13-11-26)40-34(24-33(39)38(2,3)4)42-37(48)41-31-15-16-32(30-9-7-6-8-29(30)31)49-28-14-17-35-43-44-36(47(35)25-28)18-19-46-22-20-45(5)21-23-46/h6-14,17,25,31-32,39H,15-16,18-24H2,1-5H3,(H2,40,41,42,48). The molecular formula is C38H49N9O2. The predicted octanol–water partition coefficient (Wildman–Crippen LogP) is 6.27. The van der Waals surface area contributed by atoms with E-state index in [4.69, 9.17) is 15.1 Å². The molecule has 11 nitrogen and oxygen atoms in total. The normalized spacial score (nSPS) is 19.0.